The molecule has 0 spiro atoms. The zero-order chi connectivity index (χ0) is 10.7. The molecule has 2 N–H and O–H groups in total. The summed E-state index contributed by atoms with van der Waals surface area (Å²) in [6, 6.07) is 1.02. The van der Waals surface area contributed by atoms with Crippen LogP contribution in [0.4, 0.5) is 0 Å². The summed E-state index contributed by atoms with van der Waals surface area (Å²) in [6.07, 6.45) is 3.45. The van der Waals surface area contributed by atoms with Gasteiger partial charge in [-0.2, -0.15) is 0 Å². The highest BCUT2D eigenvalue weighted by atomic mass is 15.2. The number of allylic oxidation sites excluding steroid dienone is 1. The van der Waals surface area contributed by atoms with Crippen LogP contribution in [0.1, 0.15) is 34.1 Å². The maximum absolute atomic E-state index is 6.04. The molecule has 2 heteroatoms. The molecule has 0 aromatic heterocycles. The average molecular weight is 196 g/mol. The van der Waals surface area contributed by atoms with Crippen molar-refractivity contribution in [1.82, 2.24) is 4.90 Å². The van der Waals surface area contributed by atoms with Crippen molar-refractivity contribution < 1.29 is 0 Å². The number of nitrogens with two attached hydrogens (primary N) is 1. The maximum Gasteiger partial charge on any atom is 0.0168 e. The minimum absolute atomic E-state index is 0.396. The van der Waals surface area contributed by atoms with Gasteiger partial charge in [-0.15, -0.1) is 0 Å². The fourth-order valence-electron chi connectivity index (χ4n) is 2.03. The molecule has 0 aromatic carbocycles. The van der Waals surface area contributed by atoms with Crippen molar-refractivity contribution in [3.05, 3.63) is 11.6 Å². The highest BCUT2D eigenvalue weighted by Gasteiger charge is 2.29. The van der Waals surface area contributed by atoms with Crippen molar-refractivity contribution in [2.24, 2.45) is 11.7 Å². The van der Waals surface area contributed by atoms with Gasteiger partial charge in [0.05, 0.1) is 0 Å². The Morgan fingerprint density at radius 3 is 2.64 bits per heavy atom. The Morgan fingerprint density at radius 2 is 2.07 bits per heavy atom. The number of hydrogen-bond acceptors (Lipinski definition) is 2. The van der Waals surface area contributed by atoms with E-state index in [0.717, 1.165) is 19.5 Å². The van der Waals surface area contributed by atoms with Gasteiger partial charge in [-0.1, -0.05) is 18.6 Å². The lowest BCUT2D eigenvalue weighted by Gasteiger charge is -2.41. The maximum atomic E-state index is 6.04. The molecule has 14 heavy (non-hydrogen) atoms. The summed E-state index contributed by atoms with van der Waals surface area (Å²) in [5.74, 6) is 0.620. The molecule has 1 heterocycles. The average Bonchev–Trinajstić information content (AvgIpc) is 2.13. The molecule has 82 valence electrons. The van der Waals surface area contributed by atoms with E-state index >= 15 is 0 Å². The van der Waals surface area contributed by atoms with Gasteiger partial charge in [0.25, 0.3) is 0 Å². The molecule has 0 aromatic rings. The molecular weight excluding hydrogens is 172 g/mol. The molecular formula is C12H24N2. The first-order chi connectivity index (χ1) is 6.52. The molecule has 2 nitrogen and oxygen atoms in total. The Bertz CT molecular complexity index is 206. The zero-order valence-electron chi connectivity index (χ0n) is 9.96. The van der Waals surface area contributed by atoms with Crippen LogP contribution in [0.5, 0.6) is 0 Å². The van der Waals surface area contributed by atoms with E-state index in [4.69, 9.17) is 5.73 Å². The Kier molecular flexibility index (Phi) is 4.14. The quantitative estimate of drug-likeness (QED) is 0.685. The number of likely N-dealkylation sites (tertiary alicyclic amines) is 1. The molecule has 0 radical (unpaired) electrons. The van der Waals surface area contributed by atoms with Gasteiger partial charge in [0.15, 0.2) is 0 Å². The zero-order valence-corrected chi connectivity index (χ0v) is 9.96. The van der Waals surface area contributed by atoms with Crippen LogP contribution < -0.4 is 5.73 Å². The highest BCUT2D eigenvalue weighted by Crippen LogP contribution is 2.21. The molecule has 0 aliphatic carbocycles. The van der Waals surface area contributed by atoms with Gasteiger partial charge in [0.1, 0.15) is 0 Å². The molecule has 1 aliphatic rings. The summed E-state index contributed by atoms with van der Waals surface area (Å²) < 4.78 is 0. The minimum atomic E-state index is 0.396. The van der Waals surface area contributed by atoms with Crippen LogP contribution in [0, 0.1) is 5.92 Å². The summed E-state index contributed by atoms with van der Waals surface area (Å²) in [7, 11) is 0. The van der Waals surface area contributed by atoms with Crippen LogP contribution in [-0.2, 0) is 0 Å². The van der Waals surface area contributed by atoms with E-state index in [9.17, 15) is 0 Å². The smallest absolute Gasteiger partial charge is 0.0168 e. The highest BCUT2D eigenvalue weighted by molar-refractivity contribution is 4.97. The predicted octanol–water partition coefficient (Wildman–Crippen LogP) is 2.01. The molecule has 0 saturated carbocycles. The van der Waals surface area contributed by atoms with Crippen molar-refractivity contribution >= 4 is 0 Å². The largest absolute Gasteiger partial charge is 0.327 e. The van der Waals surface area contributed by atoms with Crippen LogP contribution >= 0.6 is 0 Å². The van der Waals surface area contributed by atoms with Crippen LogP contribution in [0.15, 0.2) is 11.6 Å². The molecule has 3 unspecified atom stereocenters. The van der Waals surface area contributed by atoms with Crippen LogP contribution in [0.3, 0.4) is 0 Å². The lowest BCUT2D eigenvalue weighted by atomic mass is 9.88. The van der Waals surface area contributed by atoms with E-state index < -0.39 is 0 Å². The van der Waals surface area contributed by atoms with E-state index in [1.54, 1.807) is 0 Å². The molecule has 0 bridgehead atoms. The first-order valence-corrected chi connectivity index (χ1v) is 5.65. The van der Waals surface area contributed by atoms with Gasteiger partial charge < -0.3 is 5.73 Å². The molecule has 1 rings (SSSR count). The third-order valence-corrected chi connectivity index (χ3v) is 3.50. The normalized spacial score (nSPS) is 34.2. The van der Waals surface area contributed by atoms with E-state index in [1.165, 1.54) is 5.57 Å². The summed E-state index contributed by atoms with van der Waals surface area (Å²) in [6.45, 7) is 11.1. The molecule has 1 aliphatic heterocycles. The van der Waals surface area contributed by atoms with Gasteiger partial charge >= 0.3 is 0 Å². The van der Waals surface area contributed by atoms with Crippen LogP contribution in [-0.4, -0.2) is 30.1 Å². The number of hydrogen-bond donors (Lipinski definition) is 1. The molecule has 0 amide bonds. The first-order valence-electron chi connectivity index (χ1n) is 5.65. The molecule has 3 atom stereocenters. The number of rotatable bonds is 2. The van der Waals surface area contributed by atoms with Gasteiger partial charge in [-0.25, -0.2) is 0 Å². The van der Waals surface area contributed by atoms with Crippen molar-refractivity contribution in [1.29, 1.82) is 0 Å². The molecule has 1 saturated heterocycles. The van der Waals surface area contributed by atoms with Crippen molar-refractivity contribution in [2.75, 3.05) is 13.1 Å². The van der Waals surface area contributed by atoms with E-state index in [1.807, 2.05) is 0 Å². The SMILES string of the molecule is CC(C)=CCN1CCC(N)C(C)C1C. The predicted molar refractivity (Wildman–Crippen MR) is 62.2 cm³/mol. The lowest BCUT2D eigenvalue weighted by Crippen LogP contribution is -2.51. The first kappa shape index (κ1) is 11.7. The second-order valence-electron chi connectivity index (χ2n) is 4.83. The number of nitrogens with zero attached hydrogens (tertiary/aromatic N) is 1. The second-order valence-corrected chi connectivity index (χ2v) is 4.83. The summed E-state index contributed by atoms with van der Waals surface area (Å²) >= 11 is 0. The van der Waals surface area contributed by atoms with E-state index in [-0.39, 0.29) is 0 Å². The van der Waals surface area contributed by atoms with Gasteiger partial charge in [-0.3, -0.25) is 4.90 Å². The minimum Gasteiger partial charge on any atom is -0.327 e. The summed E-state index contributed by atoms with van der Waals surface area (Å²) in [4.78, 5) is 2.53. The topological polar surface area (TPSA) is 29.3 Å². The second kappa shape index (κ2) is 4.94. The fourth-order valence-corrected chi connectivity index (χ4v) is 2.03. The third kappa shape index (κ3) is 2.82. The summed E-state index contributed by atoms with van der Waals surface area (Å²) in [5.41, 5.74) is 7.45. The summed E-state index contributed by atoms with van der Waals surface area (Å²) in [5, 5.41) is 0. The van der Waals surface area contributed by atoms with Gasteiger partial charge in [-0.05, 0) is 33.1 Å². The lowest BCUT2D eigenvalue weighted by molar-refractivity contribution is 0.110. The fraction of sp³-hybridized carbons (Fsp3) is 0.833. The Morgan fingerprint density at radius 1 is 1.43 bits per heavy atom. The Hall–Kier alpha value is -0.340. The van der Waals surface area contributed by atoms with Gasteiger partial charge in [0.2, 0.25) is 0 Å². The Balaban J connectivity index is 2.51. The van der Waals surface area contributed by atoms with Crippen LogP contribution in [0.25, 0.3) is 0 Å². The van der Waals surface area contributed by atoms with Crippen molar-refractivity contribution in [3.63, 3.8) is 0 Å². The van der Waals surface area contributed by atoms with E-state index in [0.29, 0.717) is 18.0 Å². The monoisotopic (exact) mass is 196 g/mol. The van der Waals surface area contributed by atoms with E-state index in [2.05, 4.69) is 38.7 Å². The van der Waals surface area contributed by atoms with Crippen molar-refractivity contribution in [2.45, 2.75) is 46.2 Å². The Labute approximate surface area is 88.2 Å². The standard InChI is InChI=1S/C12H24N2/c1-9(2)5-7-14-8-6-12(13)10(3)11(14)4/h5,10-12H,6-8,13H2,1-4H3. The van der Waals surface area contributed by atoms with Gasteiger partial charge in [0, 0.05) is 25.2 Å². The number of piperidine rings is 1. The molecule has 1 fully saturated rings. The third-order valence-electron chi connectivity index (χ3n) is 3.50. The van der Waals surface area contributed by atoms with Crippen LogP contribution in [0.2, 0.25) is 0 Å². The van der Waals surface area contributed by atoms with Crippen molar-refractivity contribution in [3.8, 4) is 0 Å².